The number of ether oxygens (including phenoxy) is 1. The van der Waals surface area contributed by atoms with Gasteiger partial charge in [-0.1, -0.05) is 18.2 Å². The molecule has 0 bridgehead atoms. The van der Waals surface area contributed by atoms with Crippen LogP contribution < -0.4 is 15.4 Å². The number of benzene rings is 2. The number of halogens is 2. The standard InChI is InChI=1S/C22H26FN5O.HI/c1-3-29-21-10-7-18(15-20(21)23)16-26-22(24-2)25-13-11-17-5-8-19(9-6-17)28-14-4-12-27-28;/h4-10,12,14-15H,3,11,13,16H2,1-2H3,(H2,24,25,26);1H. The zero-order valence-corrected chi connectivity index (χ0v) is 19.5. The van der Waals surface area contributed by atoms with E-state index in [-0.39, 0.29) is 35.5 Å². The van der Waals surface area contributed by atoms with E-state index in [1.54, 1.807) is 19.3 Å². The Morgan fingerprint density at radius 3 is 2.53 bits per heavy atom. The molecule has 30 heavy (non-hydrogen) atoms. The van der Waals surface area contributed by atoms with Crippen molar-refractivity contribution < 1.29 is 9.13 Å². The third-order valence-corrected chi connectivity index (χ3v) is 4.39. The maximum absolute atomic E-state index is 13.9. The second kappa shape index (κ2) is 12.2. The molecule has 0 spiro atoms. The van der Waals surface area contributed by atoms with Crippen molar-refractivity contribution in [3.05, 3.63) is 77.9 Å². The average Bonchev–Trinajstić information content (AvgIpc) is 3.28. The summed E-state index contributed by atoms with van der Waals surface area (Å²) in [4.78, 5) is 4.22. The van der Waals surface area contributed by atoms with Gasteiger partial charge in [-0.2, -0.15) is 5.10 Å². The van der Waals surface area contributed by atoms with Gasteiger partial charge >= 0.3 is 0 Å². The fraction of sp³-hybridized carbons (Fsp3) is 0.273. The highest BCUT2D eigenvalue weighted by Crippen LogP contribution is 2.18. The normalized spacial score (nSPS) is 11.0. The van der Waals surface area contributed by atoms with Crippen molar-refractivity contribution in [1.29, 1.82) is 0 Å². The lowest BCUT2D eigenvalue weighted by molar-refractivity contribution is 0.321. The third kappa shape index (κ3) is 6.72. The zero-order chi connectivity index (χ0) is 20.5. The molecule has 1 aromatic heterocycles. The predicted molar refractivity (Wildman–Crippen MR) is 128 cm³/mol. The van der Waals surface area contributed by atoms with Gasteiger partial charge in [0.25, 0.3) is 0 Å². The first-order valence-corrected chi connectivity index (χ1v) is 9.64. The van der Waals surface area contributed by atoms with Gasteiger partial charge in [0, 0.05) is 32.5 Å². The Morgan fingerprint density at radius 1 is 1.13 bits per heavy atom. The molecule has 160 valence electrons. The Hall–Kier alpha value is -2.62. The number of guanidine groups is 1. The summed E-state index contributed by atoms with van der Waals surface area (Å²) in [7, 11) is 1.72. The molecule has 0 amide bonds. The monoisotopic (exact) mass is 523 g/mol. The molecule has 0 aliphatic carbocycles. The molecule has 0 unspecified atom stereocenters. The van der Waals surface area contributed by atoms with Gasteiger partial charge in [0.1, 0.15) is 0 Å². The van der Waals surface area contributed by atoms with Crippen molar-refractivity contribution in [2.24, 2.45) is 4.99 Å². The molecule has 0 saturated heterocycles. The van der Waals surface area contributed by atoms with Crippen LogP contribution in [0.15, 0.2) is 65.9 Å². The van der Waals surface area contributed by atoms with Crippen LogP contribution in [-0.2, 0) is 13.0 Å². The summed E-state index contributed by atoms with van der Waals surface area (Å²) in [6, 6.07) is 15.2. The number of nitrogens with zero attached hydrogens (tertiary/aromatic N) is 3. The summed E-state index contributed by atoms with van der Waals surface area (Å²) in [6.07, 6.45) is 4.54. The van der Waals surface area contributed by atoms with Gasteiger partial charge in [-0.15, -0.1) is 24.0 Å². The van der Waals surface area contributed by atoms with Gasteiger partial charge in [0.05, 0.1) is 12.3 Å². The number of nitrogens with one attached hydrogen (secondary N) is 2. The Bertz CT molecular complexity index is 929. The van der Waals surface area contributed by atoms with Crippen LogP contribution in [0, 0.1) is 5.82 Å². The Labute approximate surface area is 193 Å². The molecule has 0 fully saturated rings. The minimum atomic E-state index is -0.354. The quantitative estimate of drug-likeness (QED) is 0.267. The molecular weight excluding hydrogens is 496 g/mol. The minimum absolute atomic E-state index is 0. The summed E-state index contributed by atoms with van der Waals surface area (Å²) < 4.78 is 21.0. The van der Waals surface area contributed by atoms with Gasteiger partial charge in [0.15, 0.2) is 17.5 Å². The number of aromatic nitrogens is 2. The zero-order valence-electron chi connectivity index (χ0n) is 17.1. The first kappa shape index (κ1) is 23.7. The van der Waals surface area contributed by atoms with Crippen LogP contribution in [0.1, 0.15) is 18.1 Å². The number of aliphatic imine (C=N–C) groups is 1. The molecule has 3 aromatic rings. The van der Waals surface area contributed by atoms with Crippen molar-refractivity contribution in [3.8, 4) is 11.4 Å². The molecule has 0 aliphatic heterocycles. The van der Waals surface area contributed by atoms with E-state index in [0.29, 0.717) is 19.1 Å². The van der Waals surface area contributed by atoms with E-state index in [9.17, 15) is 4.39 Å². The lowest BCUT2D eigenvalue weighted by atomic mass is 10.1. The van der Waals surface area contributed by atoms with Crippen molar-refractivity contribution in [3.63, 3.8) is 0 Å². The first-order valence-electron chi connectivity index (χ1n) is 9.64. The second-order valence-electron chi connectivity index (χ2n) is 6.42. The van der Waals surface area contributed by atoms with Gasteiger partial charge in [-0.3, -0.25) is 4.99 Å². The van der Waals surface area contributed by atoms with E-state index in [1.807, 2.05) is 29.9 Å². The summed E-state index contributed by atoms with van der Waals surface area (Å²) in [6.45, 7) is 3.48. The van der Waals surface area contributed by atoms with Gasteiger partial charge in [0.2, 0.25) is 0 Å². The Kier molecular flexibility index (Phi) is 9.59. The smallest absolute Gasteiger partial charge is 0.191 e. The summed E-state index contributed by atoms with van der Waals surface area (Å²) in [5.41, 5.74) is 3.08. The maximum atomic E-state index is 13.9. The lowest BCUT2D eigenvalue weighted by Crippen LogP contribution is -2.37. The highest BCUT2D eigenvalue weighted by atomic mass is 127. The average molecular weight is 523 g/mol. The number of hydrogen-bond acceptors (Lipinski definition) is 3. The van der Waals surface area contributed by atoms with Crippen molar-refractivity contribution in [2.75, 3.05) is 20.2 Å². The van der Waals surface area contributed by atoms with Crippen LogP contribution in [-0.4, -0.2) is 35.9 Å². The van der Waals surface area contributed by atoms with E-state index in [2.05, 4.69) is 45.0 Å². The van der Waals surface area contributed by atoms with Gasteiger partial charge in [-0.05, 0) is 54.8 Å². The Balaban J connectivity index is 0.00000320. The second-order valence-corrected chi connectivity index (χ2v) is 6.42. The SMILES string of the molecule is CCOc1ccc(CNC(=NC)NCCc2ccc(-n3cccn3)cc2)cc1F.I. The van der Waals surface area contributed by atoms with Gasteiger partial charge in [-0.25, -0.2) is 9.07 Å². The molecule has 0 radical (unpaired) electrons. The molecule has 6 nitrogen and oxygen atoms in total. The molecule has 0 aliphatic rings. The maximum Gasteiger partial charge on any atom is 0.191 e. The fourth-order valence-electron chi connectivity index (χ4n) is 2.90. The molecule has 0 saturated carbocycles. The topological polar surface area (TPSA) is 63.5 Å². The largest absolute Gasteiger partial charge is 0.491 e. The molecule has 0 atom stereocenters. The predicted octanol–water partition coefficient (Wildman–Crippen LogP) is 3.94. The van der Waals surface area contributed by atoms with E-state index in [4.69, 9.17) is 4.74 Å². The third-order valence-electron chi connectivity index (χ3n) is 4.39. The molecule has 2 aromatic carbocycles. The molecule has 2 N–H and O–H groups in total. The van der Waals surface area contributed by atoms with Crippen LogP contribution in [0.3, 0.4) is 0 Å². The van der Waals surface area contributed by atoms with Crippen LogP contribution >= 0.6 is 24.0 Å². The van der Waals surface area contributed by atoms with E-state index in [0.717, 1.165) is 24.2 Å². The van der Waals surface area contributed by atoms with Crippen molar-refractivity contribution in [1.82, 2.24) is 20.4 Å². The van der Waals surface area contributed by atoms with Crippen molar-refractivity contribution >= 4 is 29.9 Å². The highest BCUT2D eigenvalue weighted by molar-refractivity contribution is 14.0. The molecule has 8 heteroatoms. The van der Waals surface area contributed by atoms with Crippen LogP contribution in [0.25, 0.3) is 5.69 Å². The first-order chi connectivity index (χ1) is 14.2. The van der Waals surface area contributed by atoms with Crippen LogP contribution in [0.4, 0.5) is 4.39 Å². The minimum Gasteiger partial charge on any atom is -0.491 e. The van der Waals surface area contributed by atoms with Crippen molar-refractivity contribution in [2.45, 2.75) is 19.9 Å². The number of hydrogen-bond donors (Lipinski definition) is 2. The Morgan fingerprint density at radius 2 is 1.90 bits per heavy atom. The van der Waals surface area contributed by atoms with Crippen LogP contribution in [0.5, 0.6) is 5.75 Å². The fourth-order valence-corrected chi connectivity index (χ4v) is 2.90. The van der Waals surface area contributed by atoms with Crippen LogP contribution in [0.2, 0.25) is 0 Å². The summed E-state index contributed by atoms with van der Waals surface area (Å²) >= 11 is 0. The van der Waals surface area contributed by atoms with Gasteiger partial charge < -0.3 is 15.4 Å². The van der Waals surface area contributed by atoms with E-state index >= 15 is 0 Å². The number of rotatable bonds is 8. The molecule has 3 rings (SSSR count). The highest BCUT2D eigenvalue weighted by Gasteiger charge is 2.05. The molecule has 1 heterocycles. The lowest BCUT2D eigenvalue weighted by Gasteiger charge is -2.13. The summed E-state index contributed by atoms with van der Waals surface area (Å²) in [5, 5.41) is 10.7. The summed E-state index contributed by atoms with van der Waals surface area (Å²) in [5.74, 6) is 0.595. The van der Waals surface area contributed by atoms with E-state index < -0.39 is 0 Å². The van der Waals surface area contributed by atoms with E-state index in [1.165, 1.54) is 11.6 Å². The molecular formula is C22H27FIN5O.